The largest absolute Gasteiger partial charge is 0.462 e. The van der Waals surface area contributed by atoms with Crippen LogP contribution in [0.1, 0.15) is 84.5 Å². The van der Waals surface area contributed by atoms with E-state index in [0.29, 0.717) is 6.42 Å². The molecule has 5 nitrogen and oxygen atoms in total. The average molecular weight is 404 g/mol. The Labute approximate surface area is 170 Å². The van der Waals surface area contributed by atoms with Crippen LogP contribution in [0.4, 0.5) is 0 Å². The van der Waals surface area contributed by atoms with Crippen LogP contribution in [-0.4, -0.2) is 49.1 Å². The Balaban J connectivity index is 4.04. The number of thioether (sulfide) groups is 1. The van der Waals surface area contributed by atoms with Crippen LogP contribution in [0.2, 0.25) is 0 Å². The predicted molar refractivity (Wildman–Crippen MR) is 114 cm³/mol. The smallest absolute Gasteiger partial charge is 0.308 e. The molecule has 0 spiro atoms. The first-order chi connectivity index (χ1) is 13.0. The van der Waals surface area contributed by atoms with Gasteiger partial charge in [-0.25, -0.2) is 0 Å². The van der Waals surface area contributed by atoms with Gasteiger partial charge in [-0.05, 0) is 38.4 Å². The number of carbonyl (C=O) groups is 2. The van der Waals surface area contributed by atoms with Gasteiger partial charge >= 0.3 is 5.97 Å². The number of methoxy groups -OCH3 is 1. The third-order valence-corrected chi connectivity index (χ3v) is 5.60. The highest BCUT2D eigenvalue weighted by atomic mass is 32.2. The number of hydrogen-bond donors (Lipinski definition) is 1. The Bertz CT molecular complexity index is 379. The van der Waals surface area contributed by atoms with Crippen molar-refractivity contribution < 1.29 is 19.1 Å². The normalized spacial score (nSPS) is 13.3. The molecule has 2 unspecified atom stereocenters. The van der Waals surface area contributed by atoms with Gasteiger partial charge in [-0.15, -0.1) is 0 Å². The van der Waals surface area contributed by atoms with E-state index >= 15 is 0 Å². The Morgan fingerprint density at radius 1 is 0.926 bits per heavy atom. The Morgan fingerprint density at radius 3 is 2.22 bits per heavy atom. The van der Waals surface area contributed by atoms with Crippen LogP contribution in [0, 0.1) is 0 Å². The summed E-state index contributed by atoms with van der Waals surface area (Å²) in [5.74, 6) is 2.03. The van der Waals surface area contributed by atoms with Gasteiger partial charge in [0.15, 0.2) is 0 Å². The lowest BCUT2D eigenvalue weighted by Gasteiger charge is -2.19. The molecule has 0 aliphatic carbocycles. The van der Waals surface area contributed by atoms with Crippen molar-refractivity contribution in [1.82, 2.24) is 0 Å². The number of hydrogen-bond acceptors (Lipinski definition) is 6. The van der Waals surface area contributed by atoms with Crippen LogP contribution >= 0.6 is 11.8 Å². The summed E-state index contributed by atoms with van der Waals surface area (Å²) in [7, 11) is 1.65. The zero-order valence-electron chi connectivity index (χ0n) is 17.7. The van der Waals surface area contributed by atoms with Gasteiger partial charge in [-0.1, -0.05) is 39.0 Å². The molecule has 0 aromatic rings. The first-order valence-electron chi connectivity index (χ1n) is 10.5. The first-order valence-corrected chi connectivity index (χ1v) is 11.7. The number of ether oxygens (including phenoxy) is 2. The molecule has 0 saturated carbocycles. The summed E-state index contributed by atoms with van der Waals surface area (Å²) in [4.78, 5) is 23.7. The minimum atomic E-state index is -0.287. The summed E-state index contributed by atoms with van der Waals surface area (Å²) in [6.45, 7) is 4.43. The molecule has 0 amide bonds. The molecule has 6 heteroatoms. The fraction of sp³-hybridized carbons (Fsp3) is 0.905. The van der Waals surface area contributed by atoms with Gasteiger partial charge < -0.3 is 15.2 Å². The van der Waals surface area contributed by atoms with Crippen molar-refractivity contribution in [2.45, 2.75) is 96.7 Å². The molecular weight excluding hydrogens is 362 g/mol. The molecule has 2 atom stereocenters. The van der Waals surface area contributed by atoms with Crippen LogP contribution < -0.4 is 5.73 Å². The van der Waals surface area contributed by atoms with E-state index in [-0.39, 0.29) is 30.4 Å². The molecule has 160 valence electrons. The molecule has 0 radical (unpaired) electrons. The van der Waals surface area contributed by atoms with E-state index < -0.39 is 0 Å². The number of nitrogens with two attached hydrogens (primary N) is 1. The predicted octanol–water partition coefficient (Wildman–Crippen LogP) is 4.51. The summed E-state index contributed by atoms with van der Waals surface area (Å²) in [5, 5.41) is 0. The van der Waals surface area contributed by atoms with Crippen LogP contribution in [0.15, 0.2) is 0 Å². The van der Waals surface area contributed by atoms with E-state index in [2.05, 4.69) is 6.92 Å². The van der Waals surface area contributed by atoms with Gasteiger partial charge in [0.1, 0.15) is 11.9 Å². The van der Waals surface area contributed by atoms with E-state index in [1.807, 2.05) is 11.8 Å². The van der Waals surface area contributed by atoms with Crippen LogP contribution in [0.3, 0.4) is 0 Å². The molecule has 0 saturated heterocycles. The Kier molecular flexibility index (Phi) is 18.3. The number of ketones is 1. The minimum Gasteiger partial charge on any atom is -0.462 e. The van der Waals surface area contributed by atoms with Crippen molar-refractivity contribution >= 4 is 23.5 Å². The molecular formula is C21H41NO4S. The van der Waals surface area contributed by atoms with Crippen molar-refractivity contribution in [3.8, 4) is 0 Å². The molecule has 2 N–H and O–H groups in total. The number of rotatable bonds is 19. The summed E-state index contributed by atoms with van der Waals surface area (Å²) in [6, 6.07) is 0. The van der Waals surface area contributed by atoms with E-state index in [4.69, 9.17) is 15.2 Å². The highest BCUT2D eigenvalue weighted by molar-refractivity contribution is 7.99. The van der Waals surface area contributed by atoms with Crippen LogP contribution in [0.25, 0.3) is 0 Å². The van der Waals surface area contributed by atoms with Crippen molar-refractivity contribution in [1.29, 1.82) is 0 Å². The molecule has 0 fully saturated rings. The lowest BCUT2D eigenvalue weighted by atomic mass is 10.1. The second-order valence-corrected chi connectivity index (χ2v) is 8.40. The molecule has 0 rings (SSSR count). The summed E-state index contributed by atoms with van der Waals surface area (Å²) in [6.07, 6.45) is 9.65. The van der Waals surface area contributed by atoms with E-state index in [0.717, 1.165) is 57.2 Å². The zero-order chi connectivity index (χ0) is 20.3. The quantitative estimate of drug-likeness (QED) is 0.253. The highest BCUT2D eigenvalue weighted by Crippen LogP contribution is 2.16. The molecule has 0 heterocycles. The van der Waals surface area contributed by atoms with Crippen molar-refractivity contribution in [2.24, 2.45) is 5.73 Å². The van der Waals surface area contributed by atoms with Crippen molar-refractivity contribution in [3.05, 3.63) is 0 Å². The lowest BCUT2D eigenvalue weighted by molar-refractivity contribution is -0.153. The minimum absolute atomic E-state index is 0.0669. The average Bonchev–Trinajstić information content (AvgIpc) is 2.62. The highest BCUT2D eigenvalue weighted by Gasteiger charge is 2.19. The third kappa shape index (κ3) is 17.3. The van der Waals surface area contributed by atoms with E-state index in [9.17, 15) is 9.59 Å². The molecule has 27 heavy (non-hydrogen) atoms. The maximum Gasteiger partial charge on any atom is 0.308 e. The van der Waals surface area contributed by atoms with E-state index in [1.54, 1.807) is 14.0 Å². The Morgan fingerprint density at radius 2 is 1.59 bits per heavy atom. The SMILES string of the molecule is CCCCCC(CC(C)=O)OC(=O)CC(CCCCCCSCCN)OC. The number of unbranched alkanes of at least 4 members (excludes halogenated alkanes) is 5. The fourth-order valence-electron chi connectivity index (χ4n) is 2.98. The summed E-state index contributed by atoms with van der Waals surface area (Å²) >= 11 is 1.91. The fourth-order valence-corrected chi connectivity index (χ4v) is 3.76. The van der Waals surface area contributed by atoms with Crippen LogP contribution in [0.5, 0.6) is 0 Å². The maximum absolute atomic E-state index is 12.2. The number of esters is 1. The zero-order valence-corrected chi connectivity index (χ0v) is 18.5. The summed E-state index contributed by atoms with van der Waals surface area (Å²) < 4.78 is 11.0. The topological polar surface area (TPSA) is 78.6 Å². The van der Waals surface area contributed by atoms with Crippen molar-refractivity contribution in [2.75, 3.05) is 25.2 Å². The molecule has 0 aromatic carbocycles. The standard InChI is InChI=1S/C21H41NO4S/c1-4-5-8-12-20(16-18(2)23)26-21(24)17-19(25-3)11-9-6-7-10-14-27-15-13-22/h19-20H,4-17,22H2,1-3H3. The number of carbonyl (C=O) groups excluding carboxylic acids is 2. The van der Waals surface area contributed by atoms with Gasteiger partial charge in [0, 0.05) is 25.8 Å². The van der Waals surface area contributed by atoms with Gasteiger partial charge in [-0.2, -0.15) is 11.8 Å². The molecule has 0 aliphatic heterocycles. The van der Waals surface area contributed by atoms with E-state index in [1.165, 1.54) is 18.6 Å². The summed E-state index contributed by atoms with van der Waals surface area (Å²) in [5.41, 5.74) is 5.47. The maximum atomic E-state index is 12.2. The number of Topliss-reactive ketones (excluding diaryl/α,β-unsaturated/α-hetero) is 1. The first kappa shape index (κ1) is 26.4. The van der Waals surface area contributed by atoms with Gasteiger partial charge in [0.2, 0.25) is 0 Å². The molecule has 0 aromatic heterocycles. The molecule has 0 bridgehead atoms. The monoisotopic (exact) mass is 403 g/mol. The second-order valence-electron chi connectivity index (χ2n) is 7.18. The second kappa shape index (κ2) is 18.8. The van der Waals surface area contributed by atoms with Gasteiger partial charge in [0.05, 0.1) is 12.5 Å². The lowest BCUT2D eigenvalue weighted by Crippen LogP contribution is -2.24. The third-order valence-electron chi connectivity index (χ3n) is 4.50. The van der Waals surface area contributed by atoms with Gasteiger partial charge in [-0.3, -0.25) is 9.59 Å². The van der Waals surface area contributed by atoms with Crippen molar-refractivity contribution in [3.63, 3.8) is 0 Å². The van der Waals surface area contributed by atoms with Crippen LogP contribution in [-0.2, 0) is 19.1 Å². The van der Waals surface area contributed by atoms with Gasteiger partial charge in [0.25, 0.3) is 0 Å². The molecule has 0 aliphatic rings. The Hall–Kier alpha value is -0.590.